The molecule has 0 aliphatic rings. The van der Waals surface area contributed by atoms with Crippen LogP contribution in [0.5, 0.6) is 0 Å². The van der Waals surface area contributed by atoms with E-state index in [1.165, 1.54) is 0 Å². The lowest BCUT2D eigenvalue weighted by Gasteiger charge is -2.06. The Morgan fingerprint density at radius 3 is 2.35 bits per heavy atom. The number of carbonyl (C=O) groups excluding carboxylic acids is 1. The van der Waals surface area contributed by atoms with Gasteiger partial charge in [0.25, 0.3) is 5.91 Å². The Balaban J connectivity index is 2.17. The maximum Gasteiger partial charge on any atom is 0.256 e. The number of benzene rings is 2. The second-order valence-electron chi connectivity index (χ2n) is 3.48. The summed E-state index contributed by atoms with van der Waals surface area (Å²) in [4.78, 5) is 12.6. The summed E-state index contributed by atoms with van der Waals surface area (Å²) >= 11 is 10.0. The Labute approximate surface area is 110 Å². The summed E-state index contributed by atoms with van der Waals surface area (Å²) in [5, 5.41) is 3.42. The summed E-state index contributed by atoms with van der Waals surface area (Å²) in [6.45, 7) is 0. The highest BCUT2D eigenvalue weighted by Crippen LogP contribution is 2.17. The van der Waals surface area contributed by atoms with Gasteiger partial charge in [0, 0.05) is 15.6 Å². The van der Waals surface area contributed by atoms with E-state index in [0.717, 1.165) is 0 Å². The molecule has 0 radical (unpaired) electrons. The molecule has 2 aromatic rings. The van der Waals surface area contributed by atoms with Crippen LogP contribution in [0.15, 0.2) is 53.4 Å². The van der Waals surface area contributed by atoms with Gasteiger partial charge in [0.1, 0.15) is 0 Å². The van der Waals surface area contributed by atoms with Gasteiger partial charge in [0.15, 0.2) is 0 Å². The summed E-state index contributed by atoms with van der Waals surface area (Å²) in [7, 11) is 0. The molecule has 1 N–H and O–H groups in total. The minimum atomic E-state index is -0.182. The molecule has 1 amide bonds. The fraction of sp³-hybridized carbons (Fsp3) is 0. The van der Waals surface area contributed by atoms with Crippen molar-refractivity contribution in [3.05, 3.63) is 59.1 Å². The van der Waals surface area contributed by atoms with Crippen molar-refractivity contribution in [2.75, 3.05) is 5.32 Å². The number of hydrogen-bond acceptors (Lipinski definition) is 2. The van der Waals surface area contributed by atoms with Crippen molar-refractivity contribution < 1.29 is 4.79 Å². The fourth-order valence-corrected chi connectivity index (χ4v) is 1.79. The Hall–Kier alpha value is -1.45. The van der Waals surface area contributed by atoms with Crippen molar-refractivity contribution in [1.82, 2.24) is 0 Å². The fourth-order valence-electron chi connectivity index (χ4n) is 1.40. The Morgan fingerprint density at radius 1 is 1.06 bits per heavy atom. The van der Waals surface area contributed by atoms with Gasteiger partial charge >= 0.3 is 0 Å². The maximum absolute atomic E-state index is 11.9. The molecule has 0 atom stereocenters. The first kappa shape index (κ1) is 12.0. The van der Waals surface area contributed by atoms with Crippen LogP contribution in [0.4, 0.5) is 5.69 Å². The standard InChI is InChI=1S/C13H10ClNOS/c14-9-5-7-10(8-6-9)15-13(16)11-3-1-2-4-12(11)17/h1-8,17H,(H,15,16). The molecule has 0 heterocycles. The lowest BCUT2D eigenvalue weighted by atomic mass is 10.2. The first-order chi connectivity index (χ1) is 8.16. The van der Waals surface area contributed by atoms with E-state index in [0.29, 0.717) is 21.2 Å². The van der Waals surface area contributed by atoms with Crippen LogP contribution in [0, 0.1) is 0 Å². The van der Waals surface area contributed by atoms with Gasteiger partial charge in [0.05, 0.1) is 5.56 Å². The van der Waals surface area contributed by atoms with Gasteiger partial charge in [-0.2, -0.15) is 0 Å². The van der Waals surface area contributed by atoms with E-state index in [2.05, 4.69) is 17.9 Å². The molecule has 17 heavy (non-hydrogen) atoms. The number of halogens is 1. The van der Waals surface area contributed by atoms with Gasteiger partial charge in [-0.3, -0.25) is 4.79 Å². The van der Waals surface area contributed by atoms with Crippen molar-refractivity contribution in [2.24, 2.45) is 0 Å². The van der Waals surface area contributed by atoms with Crippen LogP contribution in [0.3, 0.4) is 0 Å². The second-order valence-corrected chi connectivity index (χ2v) is 4.40. The van der Waals surface area contributed by atoms with Crippen molar-refractivity contribution in [1.29, 1.82) is 0 Å². The van der Waals surface area contributed by atoms with Crippen LogP contribution in [-0.4, -0.2) is 5.91 Å². The van der Waals surface area contributed by atoms with Crippen molar-refractivity contribution in [2.45, 2.75) is 4.90 Å². The summed E-state index contributed by atoms with van der Waals surface area (Å²) in [5.74, 6) is -0.182. The number of rotatable bonds is 2. The highest BCUT2D eigenvalue weighted by Gasteiger charge is 2.08. The third-order valence-electron chi connectivity index (χ3n) is 2.25. The molecular weight excluding hydrogens is 254 g/mol. The molecule has 2 nitrogen and oxygen atoms in total. The number of anilines is 1. The lowest BCUT2D eigenvalue weighted by Crippen LogP contribution is -2.12. The van der Waals surface area contributed by atoms with E-state index < -0.39 is 0 Å². The predicted octanol–water partition coefficient (Wildman–Crippen LogP) is 3.88. The van der Waals surface area contributed by atoms with Crippen LogP contribution in [0.2, 0.25) is 5.02 Å². The average Bonchev–Trinajstić information content (AvgIpc) is 2.32. The molecule has 0 saturated carbocycles. The normalized spacial score (nSPS) is 10.0. The summed E-state index contributed by atoms with van der Waals surface area (Å²) in [6.07, 6.45) is 0. The third kappa shape index (κ3) is 3.02. The minimum Gasteiger partial charge on any atom is -0.322 e. The monoisotopic (exact) mass is 263 g/mol. The third-order valence-corrected chi connectivity index (χ3v) is 2.89. The number of amides is 1. The van der Waals surface area contributed by atoms with Crippen LogP contribution in [-0.2, 0) is 0 Å². The largest absolute Gasteiger partial charge is 0.322 e. The molecule has 0 aliphatic heterocycles. The SMILES string of the molecule is O=C(Nc1ccc(Cl)cc1)c1ccccc1S. The van der Waals surface area contributed by atoms with Crippen LogP contribution in [0.25, 0.3) is 0 Å². The molecule has 0 saturated heterocycles. The molecule has 0 bridgehead atoms. The number of thiol groups is 1. The van der Waals surface area contributed by atoms with E-state index in [1.54, 1.807) is 42.5 Å². The lowest BCUT2D eigenvalue weighted by molar-refractivity contribution is 0.102. The van der Waals surface area contributed by atoms with E-state index in [-0.39, 0.29) is 5.91 Å². The zero-order chi connectivity index (χ0) is 12.3. The molecule has 0 aromatic heterocycles. The topological polar surface area (TPSA) is 29.1 Å². The van der Waals surface area contributed by atoms with E-state index in [1.807, 2.05) is 6.07 Å². The number of carbonyl (C=O) groups is 1. The molecule has 2 aromatic carbocycles. The summed E-state index contributed by atoms with van der Waals surface area (Å²) in [6, 6.07) is 14.1. The first-order valence-electron chi connectivity index (χ1n) is 5.02. The van der Waals surface area contributed by atoms with E-state index in [9.17, 15) is 4.79 Å². The second kappa shape index (κ2) is 5.25. The van der Waals surface area contributed by atoms with Gasteiger partial charge in [-0.25, -0.2) is 0 Å². The minimum absolute atomic E-state index is 0.182. The molecule has 4 heteroatoms. The molecule has 0 fully saturated rings. The Morgan fingerprint density at radius 2 is 1.71 bits per heavy atom. The zero-order valence-corrected chi connectivity index (χ0v) is 10.5. The highest BCUT2D eigenvalue weighted by atomic mass is 35.5. The number of nitrogens with one attached hydrogen (secondary N) is 1. The van der Waals surface area contributed by atoms with Gasteiger partial charge in [-0.1, -0.05) is 23.7 Å². The molecule has 0 unspecified atom stereocenters. The first-order valence-corrected chi connectivity index (χ1v) is 5.84. The summed E-state index contributed by atoms with van der Waals surface area (Å²) in [5.41, 5.74) is 1.25. The van der Waals surface area contributed by atoms with Gasteiger partial charge < -0.3 is 5.32 Å². The van der Waals surface area contributed by atoms with Crippen LogP contribution in [0.1, 0.15) is 10.4 Å². The molecular formula is C13H10ClNOS. The average molecular weight is 264 g/mol. The van der Waals surface area contributed by atoms with E-state index >= 15 is 0 Å². The highest BCUT2D eigenvalue weighted by molar-refractivity contribution is 7.80. The zero-order valence-electron chi connectivity index (χ0n) is 8.85. The van der Waals surface area contributed by atoms with Gasteiger partial charge in [-0.05, 0) is 36.4 Å². The maximum atomic E-state index is 11.9. The smallest absolute Gasteiger partial charge is 0.256 e. The quantitative estimate of drug-likeness (QED) is 0.791. The van der Waals surface area contributed by atoms with Gasteiger partial charge in [-0.15, -0.1) is 12.6 Å². The number of hydrogen-bond donors (Lipinski definition) is 2. The van der Waals surface area contributed by atoms with Crippen LogP contribution < -0.4 is 5.32 Å². The van der Waals surface area contributed by atoms with Crippen molar-refractivity contribution >= 4 is 35.8 Å². The molecule has 0 spiro atoms. The van der Waals surface area contributed by atoms with Gasteiger partial charge in [0.2, 0.25) is 0 Å². The molecule has 2 rings (SSSR count). The van der Waals surface area contributed by atoms with Crippen molar-refractivity contribution in [3.63, 3.8) is 0 Å². The Bertz CT molecular complexity index is 539. The summed E-state index contributed by atoms with van der Waals surface area (Å²) < 4.78 is 0. The Kier molecular flexibility index (Phi) is 3.71. The molecule has 86 valence electrons. The van der Waals surface area contributed by atoms with Crippen LogP contribution >= 0.6 is 24.2 Å². The van der Waals surface area contributed by atoms with Crippen molar-refractivity contribution in [3.8, 4) is 0 Å². The molecule has 0 aliphatic carbocycles. The van der Waals surface area contributed by atoms with E-state index in [4.69, 9.17) is 11.6 Å². The predicted molar refractivity (Wildman–Crippen MR) is 73.1 cm³/mol.